The summed E-state index contributed by atoms with van der Waals surface area (Å²) in [5.74, 6) is -0.867. The van der Waals surface area contributed by atoms with Gasteiger partial charge in [0.2, 0.25) is 10.0 Å². The van der Waals surface area contributed by atoms with Crippen molar-refractivity contribution < 1.29 is 22.7 Å². The van der Waals surface area contributed by atoms with Crippen LogP contribution in [-0.4, -0.2) is 44.8 Å². The van der Waals surface area contributed by atoms with E-state index in [9.17, 15) is 18.0 Å². The molecule has 0 atom stereocenters. The SMILES string of the molecule is COC(=O)c1sccc1NC(=O)C1=CCN(S(=O)(=O)c2ccccc2)CC1. The summed E-state index contributed by atoms with van der Waals surface area (Å²) in [6, 6.07) is 9.82. The number of benzene rings is 1. The molecule has 1 N–H and O–H groups in total. The number of carbonyl (C=O) groups is 2. The number of carbonyl (C=O) groups excluding carboxylic acids is 2. The van der Waals surface area contributed by atoms with Gasteiger partial charge in [-0.2, -0.15) is 4.31 Å². The average molecular weight is 406 g/mol. The molecule has 0 saturated carbocycles. The van der Waals surface area contributed by atoms with Crippen molar-refractivity contribution in [2.24, 2.45) is 0 Å². The highest BCUT2D eigenvalue weighted by molar-refractivity contribution is 7.89. The number of anilines is 1. The Kier molecular flexibility index (Phi) is 5.73. The van der Waals surface area contributed by atoms with Gasteiger partial charge in [0.15, 0.2) is 0 Å². The first-order chi connectivity index (χ1) is 12.9. The molecule has 1 aromatic heterocycles. The molecule has 0 aliphatic carbocycles. The van der Waals surface area contributed by atoms with Gasteiger partial charge in [-0.05, 0) is 30.0 Å². The molecule has 3 rings (SSSR count). The molecule has 142 valence electrons. The molecule has 1 aromatic carbocycles. The molecule has 2 aromatic rings. The van der Waals surface area contributed by atoms with Crippen molar-refractivity contribution in [1.29, 1.82) is 0 Å². The maximum absolute atomic E-state index is 12.6. The van der Waals surface area contributed by atoms with Gasteiger partial charge in [0.25, 0.3) is 5.91 Å². The number of ether oxygens (including phenoxy) is 1. The van der Waals surface area contributed by atoms with Crippen LogP contribution < -0.4 is 5.32 Å². The van der Waals surface area contributed by atoms with E-state index in [1.54, 1.807) is 47.9 Å². The fourth-order valence-electron chi connectivity index (χ4n) is 2.68. The first kappa shape index (κ1) is 19.3. The molecule has 1 aliphatic heterocycles. The zero-order valence-electron chi connectivity index (χ0n) is 14.5. The number of methoxy groups -OCH3 is 1. The average Bonchev–Trinajstić information content (AvgIpc) is 3.16. The first-order valence-electron chi connectivity index (χ1n) is 8.15. The van der Waals surface area contributed by atoms with E-state index in [4.69, 9.17) is 0 Å². The van der Waals surface area contributed by atoms with Crippen LogP contribution in [0, 0.1) is 0 Å². The van der Waals surface area contributed by atoms with Crippen molar-refractivity contribution in [2.45, 2.75) is 11.3 Å². The standard InChI is InChI=1S/C18H18N2O5S2/c1-25-18(22)16-15(9-12-26-16)19-17(21)13-7-10-20(11-8-13)27(23,24)14-5-3-2-4-6-14/h2-7,9,12H,8,10-11H2,1H3,(H,19,21). The molecule has 2 heterocycles. The van der Waals surface area contributed by atoms with Crippen LogP contribution in [-0.2, 0) is 19.6 Å². The Morgan fingerprint density at radius 3 is 2.56 bits per heavy atom. The van der Waals surface area contributed by atoms with Crippen molar-refractivity contribution in [3.05, 3.63) is 58.3 Å². The van der Waals surface area contributed by atoms with Crippen LogP contribution in [0.25, 0.3) is 0 Å². The highest BCUT2D eigenvalue weighted by Gasteiger charge is 2.28. The number of sulfonamides is 1. The largest absolute Gasteiger partial charge is 0.465 e. The Balaban J connectivity index is 1.70. The summed E-state index contributed by atoms with van der Waals surface area (Å²) in [4.78, 5) is 24.7. The summed E-state index contributed by atoms with van der Waals surface area (Å²) < 4.78 is 31.3. The number of rotatable bonds is 5. The van der Waals surface area contributed by atoms with Crippen LogP contribution in [0.2, 0.25) is 0 Å². The molecule has 0 spiro atoms. The number of nitrogens with zero attached hydrogens (tertiary/aromatic N) is 1. The van der Waals surface area contributed by atoms with Crippen LogP contribution >= 0.6 is 11.3 Å². The van der Waals surface area contributed by atoms with Crippen molar-refractivity contribution in [1.82, 2.24) is 4.31 Å². The van der Waals surface area contributed by atoms with Crippen LogP contribution in [0.1, 0.15) is 16.1 Å². The van der Waals surface area contributed by atoms with Crippen molar-refractivity contribution in [3.63, 3.8) is 0 Å². The van der Waals surface area contributed by atoms with Gasteiger partial charge in [-0.3, -0.25) is 4.79 Å². The molecule has 7 nitrogen and oxygen atoms in total. The highest BCUT2D eigenvalue weighted by atomic mass is 32.2. The minimum atomic E-state index is -3.58. The van der Waals surface area contributed by atoms with E-state index in [2.05, 4.69) is 10.1 Å². The normalized spacial score (nSPS) is 15.1. The minimum Gasteiger partial charge on any atom is -0.465 e. The molecular weight excluding hydrogens is 388 g/mol. The van der Waals surface area contributed by atoms with Crippen LogP contribution in [0.15, 0.2) is 58.3 Å². The Hall–Kier alpha value is -2.49. The number of nitrogens with one attached hydrogen (secondary N) is 1. The number of thiophene rings is 1. The van der Waals surface area contributed by atoms with Gasteiger partial charge < -0.3 is 10.1 Å². The Bertz CT molecular complexity index is 980. The van der Waals surface area contributed by atoms with Gasteiger partial charge in [0.1, 0.15) is 4.88 Å². The number of esters is 1. The van der Waals surface area contributed by atoms with Gasteiger partial charge in [-0.15, -0.1) is 11.3 Å². The molecule has 0 bridgehead atoms. The number of amides is 1. The van der Waals surface area contributed by atoms with Gasteiger partial charge >= 0.3 is 5.97 Å². The molecule has 27 heavy (non-hydrogen) atoms. The zero-order valence-corrected chi connectivity index (χ0v) is 16.2. The quantitative estimate of drug-likeness (QED) is 0.770. The van der Waals surface area contributed by atoms with E-state index < -0.39 is 16.0 Å². The number of hydrogen-bond donors (Lipinski definition) is 1. The summed E-state index contributed by atoms with van der Waals surface area (Å²) in [6.45, 7) is 0.331. The van der Waals surface area contributed by atoms with E-state index in [1.165, 1.54) is 22.8 Å². The topological polar surface area (TPSA) is 92.8 Å². The van der Waals surface area contributed by atoms with Crippen molar-refractivity contribution in [2.75, 3.05) is 25.5 Å². The second-order valence-electron chi connectivity index (χ2n) is 5.76. The fraction of sp³-hybridized carbons (Fsp3) is 0.222. The smallest absolute Gasteiger partial charge is 0.350 e. The molecule has 1 amide bonds. The maximum Gasteiger partial charge on any atom is 0.350 e. The van der Waals surface area contributed by atoms with E-state index >= 15 is 0 Å². The second kappa shape index (κ2) is 8.03. The van der Waals surface area contributed by atoms with E-state index in [-0.39, 0.29) is 30.3 Å². The zero-order chi connectivity index (χ0) is 19.4. The van der Waals surface area contributed by atoms with Gasteiger partial charge in [-0.25, -0.2) is 13.2 Å². The van der Waals surface area contributed by atoms with Gasteiger partial charge in [0, 0.05) is 18.7 Å². The van der Waals surface area contributed by atoms with Crippen LogP contribution in [0.3, 0.4) is 0 Å². The van der Waals surface area contributed by atoms with E-state index in [1.807, 2.05) is 0 Å². The maximum atomic E-state index is 12.6. The van der Waals surface area contributed by atoms with E-state index in [0.717, 1.165) is 0 Å². The lowest BCUT2D eigenvalue weighted by Gasteiger charge is -2.25. The summed E-state index contributed by atoms with van der Waals surface area (Å²) in [5.41, 5.74) is 0.869. The number of hydrogen-bond acceptors (Lipinski definition) is 6. The second-order valence-corrected chi connectivity index (χ2v) is 8.62. The van der Waals surface area contributed by atoms with Crippen molar-refractivity contribution >= 4 is 38.9 Å². The molecule has 0 unspecified atom stereocenters. The molecule has 9 heteroatoms. The Morgan fingerprint density at radius 1 is 1.19 bits per heavy atom. The highest BCUT2D eigenvalue weighted by Crippen LogP contribution is 2.25. The lowest BCUT2D eigenvalue weighted by Crippen LogP contribution is -2.36. The summed E-state index contributed by atoms with van der Waals surface area (Å²) >= 11 is 1.18. The molecule has 0 radical (unpaired) electrons. The fourth-order valence-corrected chi connectivity index (χ4v) is 4.85. The van der Waals surface area contributed by atoms with Gasteiger partial charge in [-0.1, -0.05) is 24.3 Å². The summed E-state index contributed by atoms with van der Waals surface area (Å²) in [6.07, 6.45) is 1.89. The summed E-state index contributed by atoms with van der Waals surface area (Å²) in [5, 5.41) is 4.38. The Morgan fingerprint density at radius 2 is 1.93 bits per heavy atom. The first-order valence-corrected chi connectivity index (χ1v) is 10.5. The lowest BCUT2D eigenvalue weighted by molar-refractivity contribution is -0.113. The Labute approximate surface area is 161 Å². The van der Waals surface area contributed by atoms with Crippen LogP contribution in [0.4, 0.5) is 5.69 Å². The van der Waals surface area contributed by atoms with Gasteiger partial charge in [0.05, 0.1) is 17.7 Å². The third kappa shape index (κ3) is 4.10. The van der Waals surface area contributed by atoms with Crippen molar-refractivity contribution in [3.8, 4) is 0 Å². The third-order valence-electron chi connectivity index (χ3n) is 4.13. The van der Waals surface area contributed by atoms with Crippen LogP contribution in [0.5, 0.6) is 0 Å². The molecular formula is C18H18N2O5S2. The monoisotopic (exact) mass is 406 g/mol. The minimum absolute atomic E-state index is 0.119. The predicted octanol–water partition coefficient (Wildman–Crippen LogP) is 2.49. The molecule has 0 fully saturated rings. The molecule has 0 saturated heterocycles. The summed E-state index contributed by atoms with van der Waals surface area (Å²) in [7, 11) is -2.31. The lowest BCUT2D eigenvalue weighted by atomic mass is 10.1. The molecule has 1 aliphatic rings. The predicted molar refractivity (Wildman–Crippen MR) is 102 cm³/mol. The third-order valence-corrected chi connectivity index (χ3v) is 6.90. The van der Waals surface area contributed by atoms with E-state index in [0.29, 0.717) is 16.1 Å².